The Labute approximate surface area is 155 Å². The van der Waals surface area contributed by atoms with E-state index >= 15 is 0 Å². The molecule has 1 aromatic carbocycles. The first-order chi connectivity index (χ1) is 12.5. The van der Waals surface area contributed by atoms with Gasteiger partial charge in [0.05, 0.1) is 24.9 Å². The summed E-state index contributed by atoms with van der Waals surface area (Å²) in [4.78, 5) is 28.9. The number of amides is 1. The van der Waals surface area contributed by atoms with E-state index < -0.39 is 5.97 Å². The second-order valence-corrected chi connectivity index (χ2v) is 7.34. The van der Waals surface area contributed by atoms with Crippen LogP contribution in [0.2, 0.25) is 0 Å². The molecule has 0 saturated carbocycles. The molecule has 2 fully saturated rings. The van der Waals surface area contributed by atoms with Crippen molar-refractivity contribution in [3.8, 4) is 0 Å². The van der Waals surface area contributed by atoms with Crippen molar-refractivity contribution in [3.05, 3.63) is 35.4 Å². The van der Waals surface area contributed by atoms with Gasteiger partial charge in [0.2, 0.25) is 0 Å². The minimum atomic E-state index is -0.390. The van der Waals surface area contributed by atoms with Crippen LogP contribution in [0.1, 0.15) is 47.4 Å². The number of morpholine rings is 1. The van der Waals surface area contributed by atoms with E-state index in [2.05, 4.69) is 18.7 Å². The van der Waals surface area contributed by atoms with Crippen molar-refractivity contribution < 1.29 is 19.1 Å². The molecule has 2 heterocycles. The van der Waals surface area contributed by atoms with Crippen LogP contribution in [0.5, 0.6) is 0 Å². The third-order valence-corrected chi connectivity index (χ3v) is 5.16. The van der Waals surface area contributed by atoms with Crippen LogP contribution in [0, 0.1) is 0 Å². The van der Waals surface area contributed by atoms with Crippen LogP contribution in [-0.2, 0) is 9.47 Å². The number of hydrogen-bond acceptors (Lipinski definition) is 5. The van der Waals surface area contributed by atoms with Gasteiger partial charge >= 0.3 is 5.97 Å². The number of methoxy groups -OCH3 is 1. The zero-order valence-corrected chi connectivity index (χ0v) is 15.8. The minimum absolute atomic E-state index is 0.0401. The van der Waals surface area contributed by atoms with Gasteiger partial charge in [-0.15, -0.1) is 0 Å². The number of carbonyl (C=O) groups is 2. The maximum absolute atomic E-state index is 12.9. The zero-order chi connectivity index (χ0) is 18.7. The first-order valence-corrected chi connectivity index (χ1v) is 9.35. The summed E-state index contributed by atoms with van der Waals surface area (Å²) in [5.41, 5.74) is 1.08. The highest BCUT2D eigenvalue weighted by atomic mass is 16.5. The van der Waals surface area contributed by atoms with Gasteiger partial charge in [-0.05, 0) is 51.0 Å². The van der Waals surface area contributed by atoms with E-state index in [9.17, 15) is 9.59 Å². The Bertz CT molecular complexity index is 636. The summed E-state index contributed by atoms with van der Waals surface area (Å²) in [7, 11) is 1.35. The fourth-order valence-electron chi connectivity index (χ4n) is 4.06. The molecule has 6 nitrogen and oxygen atoms in total. The summed E-state index contributed by atoms with van der Waals surface area (Å²) in [6.07, 6.45) is 2.53. The quantitative estimate of drug-likeness (QED) is 0.771. The van der Waals surface area contributed by atoms with Gasteiger partial charge in [-0.2, -0.15) is 0 Å². The maximum atomic E-state index is 12.9. The third-order valence-electron chi connectivity index (χ3n) is 5.16. The fraction of sp³-hybridized carbons (Fsp3) is 0.600. The SMILES string of the molecule is COC(=O)c1ccc(C(=O)N2CCC[C@H]2CN2C[C@@H](C)O[C@@H](C)C2)cc1. The van der Waals surface area contributed by atoms with Gasteiger partial charge in [0.15, 0.2) is 0 Å². The number of likely N-dealkylation sites (tertiary alicyclic amines) is 1. The first kappa shape index (κ1) is 18.9. The lowest BCUT2D eigenvalue weighted by molar-refractivity contribution is -0.0715. The summed E-state index contributed by atoms with van der Waals surface area (Å²) in [5.74, 6) is -0.350. The molecule has 0 aliphatic carbocycles. The monoisotopic (exact) mass is 360 g/mol. The molecular weight excluding hydrogens is 332 g/mol. The predicted octanol–water partition coefficient (Wildman–Crippen LogP) is 2.19. The van der Waals surface area contributed by atoms with E-state index in [1.54, 1.807) is 24.3 Å². The standard InChI is InChI=1S/C20H28N2O4/c1-14-11-21(12-15(2)26-14)13-18-5-4-10-22(18)19(23)16-6-8-17(9-7-16)20(24)25-3/h6-9,14-15,18H,4-5,10-13H2,1-3H3/t14-,15+,18-/m0/s1. The van der Waals surface area contributed by atoms with E-state index in [4.69, 9.17) is 9.47 Å². The number of benzene rings is 1. The predicted molar refractivity (Wildman–Crippen MR) is 98.3 cm³/mol. The minimum Gasteiger partial charge on any atom is -0.465 e. The highest BCUT2D eigenvalue weighted by Gasteiger charge is 2.32. The maximum Gasteiger partial charge on any atom is 0.337 e. The molecule has 0 aromatic heterocycles. The molecule has 3 rings (SSSR count). The van der Waals surface area contributed by atoms with Crippen molar-refractivity contribution >= 4 is 11.9 Å². The van der Waals surface area contributed by atoms with E-state index in [0.29, 0.717) is 11.1 Å². The average Bonchev–Trinajstić information content (AvgIpc) is 3.07. The van der Waals surface area contributed by atoms with Crippen LogP contribution in [-0.4, -0.2) is 73.2 Å². The molecule has 2 aliphatic rings. The Morgan fingerprint density at radius 2 is 1.73 bits per heavy atom. The Kier molecular flexibility index (Phi) is 5.94. The van der Waals surface area contributed by atoms with Crippen molar-refractivity contribution in [2.24, 2.45) is 0 Å². The number of carbonyl (C=O) groups excluding carboxylic acids is 2. The molecule has 0 radical (unpaired) electrons. The van der Waals surface area contributed by atoms with E-state index in [-0.39, 0.29) is 24.2 Å². The number of rotatable bonds is 4. The van der Waals surface area contributed by atoms with Gasteiger partial charge in [0, 0.05) is 37.8 Å². The molecule has 1 amide bonds. The van der Waals surface area contributed by atoms with Gasteiger partial charge in [-0.1, -0.05) is 0 Å². The molecule has 26 heavy (non-hydrogen) atoms. The van der Waals surface area contributed by atoms with Gasteiger partial charge in [0.25, 0.3) is 5.91 Å². The van der Waals surface area contributed by atoms with Gasteiger partial charge in [-0.25, -0.2) is 4.79 Å². The number of ether oxygens (including phenoxy) is 2. The van der Waals surface area contributed by atoms with Crippen LogP contribution in [0.15, 0.2) is 24.3 Å². The van der Waals surface area contributed by atoms with Crippen molar-refractivity contribution in [2.75, 3.05) is 33.3 Å². The van der Waals surface area contributed by atoms with Crippen LogP contribution >= 0.6 is 0 Å². The van der Waals surface area contributed by atoms with Crippen molar-refractivity contribution in [2.45, 2.75) is 44.9 Å². The molecular formula is C20H28N2O4. The lowest BCUT2D eigenvalue weighted by Gasteiger charge is -2.38. The average molecular weight is 360 g/mol. The summed E-state index contributed by atoms with van der Waals surface area (Å²) < 4.78 is 10.5. The second-order valence-electron chi connectivity index (χ2n) is 7.34. The molecule has 1 aromatic rings. The van der Waals surface area contributed by atoms with Gasteiger partial charge < -0.3 is 14.4 Å². The zero-order valence-electron chi connectivity index (χ0n) is 15.8. The summed E-state index contributed by atoms with van der Waals surface area (Å²) >= 11 is 0. The largest absolute Gasteiger partial charge is 0.465 e. The van der Waals surface area contributed by atoms with Crippen molar-refractivity contribution in [1.82, 2.24) is 9.80 Å². The Morgan fingerprint density at radius 1 is 1.12 bits per heavy atom. The summed E-state index contributed by atoms with van der Waals surface area (Å²) in [5, 5.41) is 0. The highest BCUT2D eigenvalue weighted by Crippen LogP contribution is 2.23. The van der Waals surface area contributed by atoms with E-state index in [1.807, 2.05) is 4.90 Å². The van der Waals surface area contributed by atoms with Crippen molar-refractivity contribution in [3.63, 3.8) is 0 Å². The lowest BCUT2D eigenvalue weighted by atomic mass is 10.1. The first-order valence-electron chi connectivity index (χ1n) is 9.35. The number of hydrogen-bond donors (Lipinski definition) is 0. The van der Waals surface area contributed by atoms with Crippen molar-refractivity contribution in [1.29, 1.82) is 0 Å². The molecule has 6 heteroatoms. The molecule has 2 aliphatic heterocycles. The van der Waals surface area contributed by atoms with E-state index in [0.717, 1.165) is 39.0 Å². The number of nitrogens with zero attached hydrogens (tertiary/aromatic N) is 2. The van der Waals surface area contributed by atoms with Crippen LogP contribution in [0.25, 0.3) is 0 Å². The number of esters is 1. The topological polar surface area (TPSA) is 59.1 Å². The smallest absolute Gasteiger partial charge is 0.337 e. The Morgan fingerprint density at radius 3 is 2.35 bits per heavy atom. The molecule has 0 unspecified atom stereocenters. The Balaban J connectivity index is 1.65. The molecule has 2 saturated heterocycles. The third kappa shape index (κ3) is 4.24. The second kappa shape index (κ2) is 8.18. The lowest BCUT2D eigenvalue weighted by Crippen LogP contribution is -2.50. The molecule has 3 atom stereocenters. The molecule has 142 valence electrons. The van der Waals surface area contributed by atoms with Crippen LogP contribution < -0.4 is 0 Å². The summed E-state index contributed by atoms with van der Waals surface area (Å²) in [6, 6.07) is 6.96. The fourth-order valence-corrected chi connectivity index (χ4v) is 4.06. The highest BCUT2D eigenvalue weighted by molar-refractivity contribution is 5.96. The molecule has 0 N–H and O–H groups in total. The Hall–Kier alpha value is -1.92. The molecule has 0 spiro atoms. The van der Waals surface area contributed by atoms with Gasteiger partial charge in [-0.3, -0.25) is 9.69 Å². The van der Waals surface area contributed by atoms with Gasteiger partial charge in [0.1, 0.15) is 0 Å². The summed E-state index contributed by atoms with van der Waals surface area (Å²) in [6.45, 7) is 7.71. The van der Waals surface area contributed by atoms with Crippen LogP contribution in [0.4, 0.5) is 0 Å². The normalized spacial score (nSPS) is 26.7. The van der Waals surface area contributed by atoms with Crippen LogP contribution in [0.3, 0.4) is 0 Å². The van der Waals surface area contributed by atoms with E-state index in [1.165, 1.54) is 7.11 Å². The molecule has 0 bridgehead atoms.